The standard InChI is InChI=1S/C25H28O8/c1-30-22-16-18(8-12-24(26)27)6-10-20(22)32-14-4-3-5-15-33-21-11-7-19(9-13-25(28)29)17-23(21)31-2/h6-13,16-17H,3-5,14-15H2,1-2H3,(H,26,27)(H,28,29)/b12-8+,13-9+. The molecule has 8 nitrogen and oxygen atoms in total. The molecule has 0 amide bonds. The lowest BCUT2D eigenvalue weighted by molar-refractivity contribution is -0.132. The van der Waals surface area contributed by atoms with Crippen LogP contribution in [0.1, 0.15) is 30.4 Å². The molecule has 2 rings (SSSR count). The average molecular weight is 456 g/mol. The summed E-state index contributed by atoms with van der Waals surface area (Å²) in [6.07, 6.45) is 7.65. The van der Waals surface area contributed by atoms with E-state index >= 15 is 0 Å². The van der Waals surface area contributed by atoms with Crippen molar-refractivity contribution in [2.24, 2.45) is 0 Å². The zero-order valence-electron chi connectivity index (χ0n) is 18.7. The lowest BCUT2D eigenvalue weighted by Crippen LogP contribution is -2.03. The molecular weight excluding hydrogens is 428 g/mol. The zero-order chi connectivity index (χ0) is 24.1. The van der Waals surface area contributed by atoms with Crippen LogP contribution in [0.25, 0.3) is 12.2 Å². The molecule has 0 radical (unpaired) electrons. The molecule has 0 aliphatic rings. The maximum absolute atomic E-state index is 10.6. The lowest BCUT2D eigenvalue weighted by atomic mass is 10.2. The van der Waals surface area contributed by atoms with Crippen LogP contribution in [0.3, 0.4) is 0 Å². The minimum Gasteiger partial charge on any atom is -0.493 e. The van der Waals surface area contributed by atoms with E-state index in [1.165, 1.54) is 26.4 Å². The second kappa shape index (κ2) is 13.5. The normalized spacial score (nSPS) is 11.0. The molecular formula is C25H28O8. The average Bonchev–Trinajstić information content (AvgIpc) is 2.81. The minimum atomic E-state index is -1.01. The number of hydrogen-bond donors (Lipinski definition) is 2. The number of hydrogen-bond acceptors (Lipinski definition) is 6. The number of ether oxygens (including phenoxy) is 4. The van der Waals surface area contributed by atoms with E-state index in [0.717, 1.165) is 31.4 Å². The van der Waals surface area contributed by atoms with Gasteiger partial charge in [0.05, 0.1) is 27.4 Å². The van der Waals surface area contributed by atoms with Gasteiger partial charge in [0.2, 0.25) is 0 Å². The summed E-state index contributed by atoms with van der Waals surface area (Å²) in [5.41, 5.74) is 1.42. The van der Waals surface area contributed by atoms with Crippen molar-refractivity contribution in [3.63, 3.8) is 0 Å². The molecule has 2 aromatic carbocycles. The van der Waals surface area contributed by atoms with Gasteiger partial charge in [-0.05, 0) is 66.8 Å². The van der Waals surface area contributed by atoms with Crippen molar-refractivity contribution < 1.29 is 38.7 Å². The first-order chi connectivity index (χ1) is 15.9. The van der Waals surface area contributed by atoms with Gasteiger partial charge in [-0.25, -0.2) is 9.59 Å². The Morgan fingerprint density at radius 2 is 1.12 bits per heavy atom. The summed E-state index contributed by atoms with van der Waals surface area (Å²) in [5, 5.41) is 17.4. The molecule has 0 atom stereocenters. The van der Waals surface area contributed by atoms with Crippen LogP contribution in [-0.4, -0.2) is 49.6 Å². The molecule has 8 heteroatoms. The molecule has 0 aliphatic heterocycles. The van der Waals surface area contributed by atoms with Gasteiger partial charge in [-0.15, -0.1) is 0 Å². The number of unbranched alkanes of at least 4 members (excludes halogenated alkanes) is 2. The molecule has 0 saturated heterocycles. The summed E-state index contributed by atoms with van der Waals surface area (Å²) in [5.74, 6) is 0.258. The number of aliphatic carboxylic acids is 2. The van der Waals surface area contributed by atoms with E-state index in [2.05, 4.69) is 0 Å². The van der Waals surface area contributed by atoms with Crippen molar-refractivity contribution in [3.05, 3.63) is 59.7 Å². The first-order valence-electron chi connectivity index (χ1n) is 10.4. The van der Waals surface area contributed by atoms with Crippen molar-refractivity contribution in [1.29, 1.82) is 0 Å². The predicted octanol–water partition coefficient (Wildman–Crippen LogP) is 4.53. The molecule has 0 unspecified atom stereocenters. The summed E-state index contributed by atoms with van der Waals surface area (Å²) in [6, 6.07) is 10.5. The van der Waals surface area contributed by atoms with Gasteiger partial charge < -0.3 is 29.2 Å². The topological polar surface area (TPSA) is 112 Å². The fourth-order valence-electron chi connectivity index (χ4n) is 2.89. The van der Waals surface area contributed by atoms with Gasteiger partial charge in [0.15, 0.2) is 23.0 Å². The quantitative estimate of drug-likeness (QED) is 0.315. The van der Waals surface area contributed by atoms with Crippen LogP contribution < -0.4 is 18.9 Å². The molecule has 0 aliphatic carbocycles. The van der Waals surface area contributed by atoms with Crippen LogP contribution in [0.5, 0.6) is 23.0 Å². The summed E-state index contributed by atoms with van der Waals surface area (Å²) >= 11 is 0. The van der Waals surface area contributed by atoms with E-state index in [4.69, 9.17) is 29.2 Å². The molecule has 0 saturated carbocycles. The lowest BCUT2D eigenvalue weighted by Gasteiger charge is -2.12. The summed E-state index contributed by atoms with van der Waals surface area (Å²) in [7, 11) is 3.07. The van der Waals surface area contributed by atoms with Crippen LogP contribution in [0.15, 0.2) is 48.6 Å². The Bertz CT molecular complexity index is 914. The van der Waals surface area contributed by atoms with Crippen LogP contribution >= 0.6 is 0 Å². The van der Waals surface area contributed by atoms with Gasteiger partial charge in [-0.1, -0.05) is 12.1 Å². The van der Waals surface area contributed by atoms with Crippen molar-refractivity contribution in [2.45, 2.75) is 19.3 Å². The summed E-state index contributed by atoms with van der Waals surface area (Å²) in [4.78, 5) is 21.3. The maximum Gasteiger partial charge on any atom is 0.328 e. The van der Waals surface area contributed by atoms with E-state index in [1.807, 2.05) is 0 Å². The van der Waals surface area contributed by atoms with E-state index in [9.17, 15) is 9.59 Å². The van der Waals surface area contributed by atoms with Crippen LogP contribution in [0.4, 0.5) is 0 Å². The Morgan fingerprint density at radius 3 is 1.48 bits per heavy atom. The molecule has 0 fully saturated rings. The third-order valence-corrected chi connectivity index (χ3v) is 4.52. The highest BCUT2D eigenvalue weighted by Crippen LogP contribution is 2.30. The molecule has 0 aromatic heterocycles. The largest absolute Gasteiger partial charge is 0.493 e. The Balaban J connectivity index is 1.75. The smallest absolute Gasteiger partial charge is 0.328 e. The van der Waals surface area contributed by atoms with Gasteiger partial charge in [-0.2, -0.15) is 0 Å². The first-order valence-corrected chi connectivity index (χ1v) is 10.4. The second-order valence-electron chi connectivity index (χ2n) is 6.92. The Hall–Kier alpha value is -3.94. The van der Waals surface area contributed by atoms with Gasteiger partial charge in [0.25, 0.3) is 0 Å². The van der Waals surface area contributed by atoms with E-state index in [-0.39, 0.29) is 0 Å². The number of carbonyl (C=O) groups is 2. The molecule has 0 bridgehead atoms. The highest BCUT2D eigenvalue weighted by atomic mass is 16.5. The molecule has 2 aromatic rings. The fourth-order valence-corrected chi connectivity index (χ4v) is 2.89. The molecule has 2 N–H and O–H groups in total. The minimum absolute atomic E-state index is 0.509. The highest BCUT2D eigenvalue weighted by Gasteiger charge is 2.07. The Labute approximate surface area is 192 Å². The molecule has 0 spiro atoms. The number of benzene rings is 2. The van der Waals surface area contributed by atoms with Gasteiger partial charge in [0.1, 0.15) is 0 Å². The monoisotopic (exact) mass is 456 g/mol. The van der Waals surface area contributed by atoms with Crippen LogP contribution in [0.2, 0.25) is 0 Å². The maximum atomic E-state index is 10.6. The van der Waals surface area contributed by atoms with Gasteiger partial charge in [-0.3, -0.25) is 0 Å². The van der Waals surface area contributed by atoms with Crippen molar-refractivity contribution in [2.75, 3.05) is 27.4 Å². The molecule has 0 heterocycles. The second-order valence-corrected chi connectivity index (χ2v) is 6.92. The SMILES string of the molecule is COc1cc(/C=C/C(=O)O)ccc1OCCCCCOc1ccc(/C=C/C(=O)O)cc1OC. The predicted molar refractivity (Wildman–Crippen MR) is 124 cm³/mol. The molecule has 176 valence electrons. The number of methoxy groups -OCH3 is 2. The third kappa shape index (κ3) is 8.98. The number of carboxylic acid groups (broad SMARTS) is 2. The Morgan fingerprint density at radius 1 is 0.697 bits per heavy atom. The first kappa shape index (κ1) is 25.3. The Kier molecular flexibility index (Phi) is 10.3. The molecule has 33 heavy (non-hydrogen) atoms. The summed E-state index contributed by atoms with van der Waals surface area (Å²) < 4.78 is 22.2. The van der Waals surface area contributed by atoms with Crippen molar-refractivity contribution in [1.82, 2.24) is 0 Å². The van der Waals surface area contributed by atoms with Crippen molar-refractivity contribution in [3.8, 4) is 23.0 Å². The van der Waals surface area contributed by atoms with E-state index in [0.29, 0.717) is 47.3 Å². The van der Waals surface area contributed by atoms with Crippen molar-refractivity contribution >= 4 is 24.1 Å². The zero-order valence-corrected chi connectivity index (χ0v) is 18.7. The summed E-state index contributed by atoms with van der Waals surface area (Å²) in [6.45, 7) is 1.02. The highest BCUT2D eigenvalue weighted by molar-refractivity contribution is 5.86. The van der Waals surface area contributed by atoms with Gasteiger partial charge in [0, 0.05) is 12.2 Å². The van der Waals surface area contributed by atoms with Gasteiger partial charge >= 0.3 is 11.9 Å². The van der Waals surface area contributed by atoms with Crippen LogP contribution in [-0.2, 0) is 9.59 Å². The van der Waals surface area contributed by atoms with Crippen LogP contribution in [0, 0.1) is 0 Å². The van der Waals surface area contributed by atoms with E-state index < -0.39 is 11.9 Å². The number of carboxylic acids is 2. The third-order valence-electron chi connectivity index (χ3n) is 4.52. The fraction of sp³-hybridized carbons (Fsp3) is 0.280. The number of rotatable bonds is 14. The van der Waals surface area contributed by atoms with E-state index in [1.54, 1.807) is 36.4 Å².